The van der Waals surface area contributed by atoms with Crippen LogP contribution < -0.4 is 0 Å². The molecule has 0 N–H and O–H groups in total. The molecule has 1 aromatic heterocycles. The van der Waals surface area contributed by atoms with Gasteiger partial charge in [0.15, 0.2) is 0 Å². The molecule has 0 spiro atoms. The SMILES string of the molecule is CN(Cc1cnc2ccccc2n1)C[C@H]1CCOC1. The number of ether oxygens (including phenoxy) is 1. The molecule has 0 amide bonds. The van der Waals surface area contributed by atoms with Crippen molar-refractivity contribution in [3.05, 3.63) is 36.2 Å². The van der Waals surface area contributed by atoms with Crippen molar-refractivity contribution < 1.29 is 4.74 Å². The highest BCUT2D eigenvalue weighted by atomic mass is 16.5. The molecule has 0 aliphatic carbocycles. The van der Waals surface area contributed by atoms with Gasteiger partial charge in [0.2, 0.25) is 0 Å². The van der Waals surface area contributed by atoms with Gasteiger partial charge in [0, 0.05) is 19.7 Å². The van der Waals surface area contributed by atoms with Crippen LogP contribution in [0.5, 0.6) is 0 Å². The lowest BCUT2D eigenvalue weighted by Gasteiger charge is -2.19. The van der Waals surface area contributed by atoms with E-state index >= 15 is 0 Å². The lowest BCUT2D eigenvalue weighted by molar-refractivity contribution is 0.172. The maximum atomic E-state index is 5.41. The number of hydrogen-bond donors (Lipinski definition) is 0. The molecule has 0 radical (unpaired) electrons. The molecule has 0 saturated carbocycles. The van der Waals surface area contributed by atoms with Crippen LogP contribution in [0.15, 0.2) is 30.5 Å². The molecule has 19 heavy (non-hydrogen) atoms. The minimum absolute atomic E-state index is 0.665. The molecular weight excluding hydrogens is 238 g/mol. The van der Waals surface area contributed by atoms with Crippen molar-refractivity contribution in [3.8, 4) is 0 Å². The van der Waals surface area contributed by atoms with Crippen LogP contribution in [-0.4, -0.2) is 41.7 Å². The van der Waals surface area contributed by atoms with E-state index in [4.69, 9.17) is 4.74 Å². The summed E-state index contributed by atoms with van der Waals surface area (Å²) in [6, 6.07) is 7.99. The number of para-hydroxylation sites is 2. The molecule has 0 bridgehead atoms. The third kappa shape index (κ3) is 3.08. The highest BCUT2D eigenvalue weighted by molar-refractivity contribution is 5.73. The normalized spacial score (nSPS) is 19.4. The van der Waals surface area contributed by atoms with Crippen LogP contribution >= 0.6 is 0 Å². The summed E-state index contributed by atoms with van der Waals surface area (Å²) in [5.41, 5.74) is 2.95. The van der Waals surface area contributed by atoms with E-state index < -0.39 is 0 Å². The number of nitrogens with zero attached hydrogens (tertiary/aromatic N) is 3. The second-order valence-corrected chi connectivity index (χ2v) is 5.28. The Hall–Kier alpha value is -1.52. The first-order valence-corrected chi connectivity index (χ1v) is 6.78. The highest BCUT2D eigenvalue weighted by Crippen LogP contribution is 2.15. The third-order valence-electron chi connectivity index (χ3n) is 3.52. The zero-order valence-corrected chi connectivity index (χ0v) is 11.2. The van der Waals surface area contributed by atoms with Crippen molar-refractivity contribution in [2.24, 2.45) is 5.92 Å². The van der Waals surface area contributed by atoms with Gasteiger partial charge >= 0.3 is 0 Å². The topological polar surface area (TPSA) is 38.2 Å². The molecule has 4 nitrogen and oxygen atoms in total. The van der Waals surface area contributed by atoms with Gasteiger partial charge in [0.1, 0.15) is 0 Å². The lowest BCUT2D eigenvalue weighted by atomic mass is 10.1. The molecule has 2 aromatic rings. The van der Waals surface area contributed by atoms with Gasteiger partial charge in [-0.1, -0.05) is 12.1 Å². The van der Waals surface area contributed by atoms with E-state index in [1.165, 1.54) is 6.42 Å². The Labute approximate surface area is 113 Å². The molecule has 1 saturated heterocycles. The largest absolute Gasteiger partial charge is 0.381 e. The maximum Gasteiger partial charge on any atom is 0.0890 e. The van der Waals surface area contributed by atoms with Crippen LogP contribution in [0.1, 0.15) is 12.1 Å². The average Bonchev–Trinajstić information content (AvgIpc) is 2.91. The minimum atomic E-state index is 0.665. The van der Waals surface area contributed by atoms with Crippen molar-refractivity contribution in [3.63, 3.8) is 0 Å². The van der Waals surface area contributed by atoms with Crippen LogP contribution in [-0.2, 0) is 11.3 Å². The summed E-state index contributed by atoms with van der Waals surface area (Å²) < 4.78 is 5.41. The standard InChI is InChI=1S/C15H19N3O/c1-18(9-12-6-7-19-11-12)10-13-8-16-14-4-2-3-5-15(14)17-13/h2-5,8,12H,6-7,9-11H2,1H3/t12-/m1/s1. The van der Waals surface area contributed by atoms with E-state index in [1.54, 1.807) is 0 Å². The Bertz CT molecular complexity index is 552. The second kappa shape index (κ2) is 5.63. The van der Waals surface area contributed by atoms with Crippen molar-refractivity contribution in [1.82, 2.24) is 14.9 Å². The number of benzene rings is 1. The van der Waals surface area contributed by atoms with E-state index in [-0.39, 0.29) is 0 Å². The van der Waals surface area contributed by atoms with Crippen LogP contribution in [0.4, 0.5) is 0 Å². The number of rotatable bonds is 4. The zero-order chi connectivity index (χ0) is 13.1. The zero-order valence-electron chi connectivity index (χ0n) is 11.2. The second-order valence-electron chi connectivity index (χ2n) is 5.28. The first-order chi connectivity index (χ1) is 9.31. The monoisotopic (exact) mass is 257 g/mol. The highest BCUT2D eigenvalue weighted by Gasteiger charge is 2.17. The molecule has 3 rings (SSSR count). The average molecular weight is 257 g/mol. The smallest absolute Gasteiger partial charge is 0.0890 e. The van der Waals surface area contributed by atoms with Gasteiger partial charge in [-0.05, 0) is 31.5 Å². The molecule has 0 unspecified atom stereocenters. The van der Waals surface area contributed by atoms with Crippen LogP contribution in [0, 0.1) is 5.92 Å². The van der Waals surface area contributed by atoms with Crippen LogP contribution in [0.2, 0.25) is 0 Å². The van der Waals surface area contributed by atoms with Gasteiger partial charge in [0.05, 0.1) is 29.5 Å². The quantitative estimate of drug-likeness (QED) is 0.840. The van der Waals surface area contributed by atoms with Crippen molar-refractivity contribution in [2.75, 3.05) is 26.8 Å². The van der Waals surface area contributed by atoms with E-state index in [1.807, 2.05) is 30.5 Å². The molecule has 1 atom stereocenters. The Morgan fingerprint density at radius 2 is 2.16 bits per heavy atom. The Morgan fingerprint density at radius 3 is 2.95 bits per heavy atom. The Morgan fingerprint density at radius 1 is 1.32 bits per heavy atom. The first kappa shape index (κ1) is 12.5. The van der Waals surface area contributed by atoms with E-state index in [0.29, 0.717) is 5.92 Å². The van der Waals surface area contributed by atoms with Crippen LogP contribution in [0.3, 0.4) is 0 Å². The molecule has 2 heterocycles. The fraction of sp³-hybridized carbons (Fsp3) is 0.467. The predicted molar refractivity (Wildman–Crippen MR) is 74.8 cm³/mol. The lowest BCUT2D eigenvalue weighted by Crippen LogP contribution is -2.26. The minimum Gasteiger partial charge on any atom is -0.381 e. The third-order valence-corrected chi connectivity index (χ3v) is 3.52. The summed E-state index contributed by atoms with van der Waals surface area (Å²) in [5, 5.41) is 0. The summed E-state index contributed by atoms with van der Waals surface area (Å²) in [6.45, 7) is 3.71. The number of aromatic nitrogens is 2. The van der Waals surface area contributed by atoms with E-state index in [0.717, 1.165) is 43.0 Å². The van der Waals surface area contributed by atoms with E-state index in [2.05, 4.69) is 21.9 Å². The Balaban J connectivity index is 1.66. The number of hydrogen-bond acceptors (Lipinski definition) is 4. The molecule has 1 aliphatic heterocycles. The first-order valence-electron chi connectivity index (χ1n) is 6.78. The molecule has 1 aliphatic rings. The van der Waals surface area contributed by atoms with E-state index in [9.17, 15) is 0 Å². The van der Waals surface area contributed by atoms with Crippen LogP contribution in [0.25, 0.3) is 11.0 Å². The molecular formula is C15H19N3O. The van der Waals surface area contributed by atoms with Crippen molar-refractivity contribution in [1.29, 1.82) is 0 Å². The van der Waals surface area contributed by atoms with Crippen molar-refractivity contribution in [2.45, 2.75) is 13.0 Å². The van der Waals surface area contributed by atoms with Gasteiger partial charge in [0.25, 0.3) is 0 Å². The molecule has 100 valence electrons. The summed E-state index contributed by atoms with van der Waals surface area (Å²) in [6.07, 6.45) is 3.05. The summed E-state index contributed by atoms with van der Waals surface area (Å²) >= 11 is 0. The molecule has 4 heteroatoms. The van der Waals surface area contributed by atoms with Gasteiger partial charge < -0.3 is 9.64 Å². The molecule has 1 fully saturated rings. The Kier molecular flexibility index (Phi) is 3.71. The fourth-order valence-electron chi connectivity index (χ4n) is 2.58. The van der Waals surface area contributed by atoms with Gasteiger partial charge in [-0.2, -0.15) is 0 Å². The fourth-order valence-corrected chi connectivity index (χ4v) is 2.58. The summed E-state index contributed by atoms with van der Waals surface area (Å²) in [4.78, 5) is 11.4. The number of fused-ring (bicyclic) bond motifs is 1. The van der Waals surface area contributed by atoms with Gasteiger partial charge in [-0.15, -0.1) is 0 Å². The van der Waals surface area contributed by atoms with Gasteiger partial charge in [-0.25, -0.2) is 4.98 Å². The van der Waals surface area contributed by atoms with Crippen molar-refractivity contribution >= 4 is 11.0 Å². The summed E-state index contributed by atoms with van der Waals surface area (Å²) in [5.74, 6) is 0.665. The summed E-state index contributed by atoms with van der Waals surface area (Å²) in [7, 11) is 2.13. The van der Waals surface area contributed by atoms with Gasteiger partial charge in [-0.3, -0.25) is 4.98 Å². The molecule has 1 aromatic carbocycles. The maximum absolute atomic E-state index is 5.41. The predicted octanol–water partition coefficient (Wildman–Crippen LogP) is 2.10.